The third-order valence-corrected chi connectivity index (χ3v) is 6.24. The number of aromatic nitrogens is 3. The Morgan fingerprint density at radius 1 is 1.14 bits per heavy atom. The number of nitrogens with one attached hydrogen (secondary N) is 2. The molecule has 4 rings (SSSR count). The standard InChI is InChI=1S/C25H27F2N5O4/c1-2-18(15-6-4-3-5-7-15)32-23-17(30-22(24(32)36)28-11-10-21(34)35)8-9-20(31-23)29-14-19(33)16-12-25(26,27)13-16/h3-9,16,18H,2,10-14H2,1H3,(H,28,30)(H,29,31)(H,34,35)/t18-/m0/s1. The number of carboxylic acid groups (broad SMARTS) is 1. The van der Waals surface area contributed by atoms with Crippen LogP contribution in [0.5, 0.6) is 0 Å². The van der Waals surface area contributed by atoms with Gasteiger partial charge in [-0.05, 0) is 24.1 Å². The molecule has 0 amide bonds. The number of alkyl halides is 2. The van der Waals surface area contributed by atoms with Gasteiger partial charge < -0.3 is 15.7 Å². The van der Waals surface area contributed by atoms with Crippen molar-refractivity contribution in [1.29, 1.82) is 0 Å². The number of rotatable bonds is 11. The van der Waals surface area contributed by atoms with Crippen molar-refractivity contribution < 1.29 is 23.5 Å². The van der Waals surface area contributed by atoms with Crippen molar-refractivity contribution in [2.24, 2.45) is 5.92 Å². The molecular weight excluding hydrogens is 472 g/mol. The Morgan fingerprint density at radius 3 is 2.50 bits per heavy atom. The fourth-order valence-corrected chi connectivity index (χ4v) is 4.33. The van der Waals surface area contributed by atoms with Crippen LogP contribution in [-0.4, -0.2) is 50.4 Å². The summed E-state index contributed by atoms with van der Waals surface area (Å²) in [5.74, 6) is -4.43. The first kappa shape index (κ1) is 25.2. The minimum atomic E-state index is -2.77. The van der Waals surface area contributed by atoms with Crippen LogP contribution < -0.4 is 16.2 Å². The largest absolute Gasteiger partial charge is 0.481 e. The second kappa shape index (κ2) is 10.4. The first-order chi connectivity index (χ1) is 17.2. The molecule has 3 aromatic rings. The highest BCUT2D eigenvalue weighted by atomic mass is 19.3. The van der Waals surface area contributed by atoms with E-state index < -0.39 is 36.2 Å². The van der Waals surface area contributed by atoms with Crippen molar-refractivity contribution in [1.82, 2.24) is 14.5 Å². The quantitative estimate of drug-likeness (QED) is 0.365. The van der Waals surface area contributed by atoms with Gasteiger partial charge in [0.05, 0.1) is 19.0 Å². The molecule has 0 radical (unpaired) electrons. The monoisotopic (exact) mass is 499 g/mol. The van der Waals surface area contributed by atoms with E-state index in [1.54, 1.807) is 12.1 Å². The van der Waals surface area contributed by atoms with Gasteiger partial charge in [0, 0.05) is 25.3 Å². The summed E-state index contributed by atoms with van der Waals surface area (Å²) in [4.78, 5) is 45.6. The van der Waals surface area contributed by atoms with Crippen LogP contribution in [0.2, 0.25) is 0 Å². The van der Waals surface area contributed by atoms with Gasteiger partial charge in [0.25, 0.3) is 5.56 Å². The molecule has 1 saturated carbocycles. The van der Waals surface area contributed by atoms with Crippen molar-refractivity contribution in [2.75, 3.05) is 23.7 Å². The SMILES string of the molecule is CC[C@@H](c1ccccc1)n1c(=O)c(NCCC(=O)O)nc2ccc(NCC(=O)C3CC(F)(F)C3)nc21. The van der Waals surface area contributed by atoms with E-state index in [0.717, 1.165) is 5.56 Å². The minimum absolute atomic E-state index is 0.0155. The van der Waals surface area contributed by atoms with E-state index in [2.05, 4.69) is 20.6 Å². The molecule has 2 aromatic heterocycles. The highest BCUT2D eigenvalue weighted by Crippen LogP contribution is 2.42. The zero-order valence-corrected chi connectivity index (χ0v) is 19.7. The molecule has 0 saturated heterocycles. The third kappa shape index (κ3) is 5.50. The van der Waals surface area contributed by atoms with Crippen LogP contribution in [0, 0.1) is 5.92 Å². The fourth-order valence-electron chi connectivity index (χ4n) is 4.33. The number of nitrogens with zero attached hydrogens (tertiary/aromatic N) is 3. The van der Waals surface area contributed by atoms with Gasteiger partial charge in [-0.3, -0.25) is 19.0 Å². The number of Topliss-reactive ketones (excluding diaryl/α,β-unsaturated/α-hetero) is 1. The maximum Gasteiger partial charge on any atom is 0.305 e. The van der Waals surface area contributed by atoms with E-state index in [9.17, 15) is 23.2 Å². The normalized spacial score (nSPS) is 15.8. The number of anilines is 2. The second-order valence-electron chi connectivity index (χ2n) is 8.86. The molecular formula is C25H27F2N5O4. The van der Waals surface area contributed by atoms with Crippen LogP contribution >= 0.6 is 0 Å². The highest BCUT2D eigenvalue weighted by molar-refractivity contribution is 5.86. The number of aliphatic carboxylic acids is 1. The molecule has 0 bridgehead atoms. The number of hydrogen-bond donors (Lipinski definition) is 3. The molecule has 9 nitrogen and oxygen atoms in total. The summed E-state index contributed by atoms with van der Waals surface area (Å²) >= 11 is 0. The van der Waals surface area contributed by atoms with Crippen molar-refractivity contribution in [2.45, 2.75) is 44.6 Å². The van der Waals surface area contributed by atoms with Crippen molar-refractivity contribution in [3.8, 4) is 0 Å². The van der Waals surface area contributed by atoms with Crippen molar-refractivity contribution in [3.05, 3.63) is 58.4 Å². The molecule has 190 valence electrons. The van der Waals surface area contributed by atoms with E-state index in [1.807, 2.05) is 37.3 Å². The Morgan fingerprint density at radius 2 is 1.86 bits per heavy atom. The van der Waals surface area contributed by atoms with E-state index in [-0.39, 0.29) is 42.8 Å². The fraction of sp³-hybridized carbons (Fsp3) is 0.400. The number of carbonyl (C=O) groups is 2. The lowest BCUT2D eigenvalue weighted by Gasteiger charge is -2.33. The van der Waals surface area contributed by atoms with Crippen molar-refractivity contribution in [3.63, 3.8) is 0 Å². The molecule has 2 heterocycles. The topological polar surface area (TPSA) is 126 Å². The van der Waals surface area contributed by atoms with Crippen LogP contribution in [0.15, 0.2) is 47.3 Å². The van der Waals surface area contributed by atoms with E-state index in [4.69, 9.17) is 5.11 Å². The Labute approximate surface area is 205 Å². The summed E-state index contributed by atoms with van der Waals surface area (Å²) in [6, 6.07) is 12.3. The highest BCUT2D eigenvalue weighted by Gasteiger charge is 2.48. The maximum absolute atomic E-state index is 13.5. The average molecular weight is 500 g/mol. The molecule has 36 heavy (non-hydrogen) atoms. The van der Waals surface area contributed by atoms with Crippen LogP contribution in [0.4, 0.5) is 20.4 Å². The summed E-state index contributed by atoms with van der Waals surface area (Å²) < 4.78 is 27.7. The van der Waals surface area contributed by atoms with Gasteiger partial charge in [-0.15, -0.1) is 0 Å². The molecule has 11 heteroatoms. The van der Waals surface area contributed by atoms with Gasteiger partial charge in [-0.2, -0.15) is 0 Å². The maximum atomic E-state index is 13.5. The zero-order chi connectivity index (χ0) is 25.9. The molecule has 1 aliphatic rings. The Balaban J connectivity index is 1.69. The number of fused-ring (bicyclic) bond motifs is 1. The van der Waals surface area contributed by atoms with E-state index >= 15 is 0 Å². The van der Waals surface area contributed by atoms with E-state index in [1.165, 1.54) is 4.57 Å². The molecule has 1 fully saturated rings. The molecule has 1 aromatic carbocycles. The van der Waals surface area contributed by atoms with E-state index in [0.29, 0.717) is 17.8 Å². The lowest BCUT2D eigenvalue weighted by molar-refractivity contribution is -0.146. The van der Waals surface area contributed by atoms with Gasteiger partial charge in [0.2, 0.25) is 5.92 Å². The lowest BCUT2D eigenvalue weighted by atomic mass is 9.78. The molecule has 3 N–H and O–H groups in total. The van der Waals surface area contributed by atoms with Gasteiger partial charge in [0.15, 0.2) is 17.2 Å². The molecule has 1 atom stereocenters. The number of ketones is 1. The zero-order valence-electron chi connectivity index (χ0n) is 19.7. The Hall–Kier alpha value is -3.89. The predicted octanol–water partition coefficient (Wildman–Crippen LogP) is 3.70. The summed E-state index contributed by atoms with van der Waals surface area (Å²) in [6.45, 7) is 1.81. The number of hydrogen-bond acceptors (Lipinski definition) is 7. The predicted molar refractivity (Wildman–Crippen MR) is 131 cm³/mol. The van der Waals surface area contributed by atoms with Crippen molar-refractivity contribution >= 4 is 34.6 Å². The first-order valence-corrected chi connectivity index (χ1v) is 11.8. The average Bonchev–Trinajstić information content (AvgIpc) is 2.83. The van der Waals surface area contributed by atoms with Gasteiger partial charge in [0.1, 0.15) is 11.3 Å². The summed E-state index contributed by atoms with van der Waals surface area (Å²) in [7, 11) is 0. The Bertz CT molecular complexity index is 1320. The third-order valence-electron chi connectivity index (χ3n) is 6.24. The molecule has 0 aliphatic heterocycles. The number of carboxylic acids is 1. The molecule has 0 unspecified atom stereocenters. The number of carbonyl (C=O) groups excluding carboxylic acids is 1. The number of benzene rings is 1. The van der Waals surface area contributed by atoms with Crippen LogP contribution in [0.1, 0.15) is 44.2 Å². The number of halogens is 2. The lowest BCUT2D eigenvalue weighted by Crippen LogP contribution is -2.42. The van der Waals surface area contributed by atoms with Crippen LogP contribution in [0.25, 0.3) is 11.2 Å². The molecule has 0 spiro atoms. The molecule has 1 aliphatic carbocycles. The summed E-state index contributed by atoms with van der Waals surface area (Å²) in [5, 5.41) is 14.6. The number of pyridine rings is 1. The first-order valence-electron chi connectivity index (χ1n) is 11.8. The van der Waals surface area contributed by atoms with Crippen LogP contribution in [-0.2, 0) is 9.59 Å². The van der Waals surface area contributed by atoms with Crippen LogP contribution in [0.3, 0.4) is 0 Å². The van der Waals surface area contributed by atoms with Gasteiger partial charge >= 0.3 is 5.97 Å². The smallest absolute Gasteiger partial charge is 0.305 e. The van der Waals surface area contributed by atoms with Gasteiger partial charge in [-0.1, -0.05) is 37.3 Å². The van der Waals surface area contributed by atoms with Gasteiger partial charge in [-0.25, -0.2) is 18.7 Å². The Kier molecular flexibility index (Phi) is 7.27. The minimum Gasteiger partial charge on any atom is -0.481 e. The second-order valence-corrected chi connectivity index (χ2v) is 8.86. The summed E-state index contributed by atoms with van der Waals surface area (Å²) in [5.41, 5.74) is 1.11. The summed E-state index contributed by atoms with van der Waals surface area (Å²) in [6.07, 6.45) is -0.494.